The van der Waals surface area contributed by atoms with Gasteiger partial charge in [-0.2, -0.15) is 0 Å². The Balaban J connectivity index is 2.42. The van der Waals surface area contributed by atoms with Crippen LogP contribution in [0.2, 0.25) is 0 Å². The Morgan fingerprint density at radius 1 is 1.46 bits per heavy atom. The second-order valence-corrected chi connectivity index (χ2v) is 4.67. The summed E-state index contributed by atoms with van der Waals surface area (Å²) >= 11 is 0. The minimum atomic E-state index is -0.494. The maximum absolute atomic E-state index is 9.95. The van der Waals surface area contributed by atoms with Gasteiger partial charge in [0.2, 0.25) is 0 Å². The molecule has 0 saturated carbocycles. The van der Waals surface area contributed by atoms with Crippen LogP contribution in [0.25, 0.3) is 0 Å². The Kier molecular flexibility index (Phi) is 3.74. The summed E-state index contributed by atoms with van der Waals surface area (Å²) in [5, 5.41) is 9.95. The van der Waals surface area contributed by atoms with E-state index in [0.29, 0.717) is 6.04 Å². The summed E-state index contributed by atoms with van der Waals surface area (Å²) in [6, 6.07) is 0.659. The summed E-state index contributed by atoms with van der Waals surface area (Å²) in [4.78, 5) is 2.42. The van der Waals surface area contributed by atoms with Crippen molar-refractivity contribution in [1.29, 1.82) is 0 Å². The lowest BCUT2D eigenvalue weighted by Gasteiger charge is -2.38. The van der Waals surface area contributed by atoms with Gasteiger partial charge in [0, 0.05) is 12.6 Å². The van der Waals surface area contributed by atoms with E-state index in [1.165, 1.54) is 19.3 Å². The van der Waals surface area contributed by atoms with Crippen molar-refractivity contribution in [2.45, 2.75) is 58.1 Å². The van der Waals surface area contributed by atoms with Crippen LogP contribution in [0.3, 0.4) is 0 Å². The van der Waals surface area contributed by atoms with Crippen LogP contribution in [0.15, 0.2) is 0 Å². The molecular formula is C11H23NO. The van der Waals surface area contributed by atoms with Gasteiger partial charge in [-0.25, -0.2) is 0 Å². The van der Waals surface area contributed by atoms with E-state index < -0.39 is 5.60 Å². The highest BCUT2D eigenvalue weighted by Crippen LogP contribution is 2.20. The topological polar surface area (TPSA) is 23.5 Å². The molecule has 78 valence electrons. The van der Waals surface area contributed by atoms with Crippen LogP contribution >= 0.6 is 0 Å². The molecule has 2 heteroatoms. The summed E-state index contributed by atoms with van der Waals surface area (Å²) in [6.07, 6.45) is 4.78. The van der Waals surface area contributed by atoms with Crippen LogP contribution in [0.1, 0.15) is 46.5 Å². The van der Waals surface area contributed by atoms with Crippen molar-refractivity contribution in [1.82, 2.24) is 4.90 Å². The van der Waals surface area contributed by atoms with E-state index in [0.717, 1.165) is 19.5 Å². The molecule has 1 fully saturated rings. The highest BCUT2D eigenvalue weighted by Gasteiger charge is 2.26. The first-order valence-corrected chi connectivity index (χ1v) is 5.51. The molecule has 0 spiro atoms. The third kappa shape index (κ3) is 3.28. The van der Waals surface area contributed by atoms with Gasteiger partial charge in [0.15, 0.2) is 0 Å². The monoisotopic (exact) mass is 185 g/mol. The normalized spacial score (nSPS) is 30.0. The molecule has 0 aromatic carbocycles. The SMILES string of the molecule is CCC(C)(O)CN1CCCCC1C. The zero-order chi connectivity index (χ0) is 9.90. The summed E-state index contributed by atoms with van der Waals surface area (Å²) in [5.41, 5.74) is -0.494. The van der Waals surface area contributed by atoms with Gasteiger partial charge in [0.05, 0.1) is 5.60 Å². The van der Waals surface area contributed by atoms with Gasteiger partial charge < -0.3 is 5.11 Å². The van der Waals surface area contributed by atoms with E-state index in [2.05, 4.69) is 18.7 Å². The summed E-state index contributed by atoms with van der Waals surface area (Å²) in [5.74, 6) is 0. The molecule has 1 rings (SSSR count). The minimum absolute atomic E-state index is 0.494. The minimum Gasteiger partial charge on any atom is -0.389 e. The van der Waals surface area contributed by atoms with Crippen LogP contribution in [0.4, 0.5) is 0 Å². The standard InChI is InChI=1S/C11H23NO/c1-4-11(3,13)9-12-8-6-5-7-10(12)2/h10,13H,4-9H2,1-3H3. The molecule has 0 bridgehead atoms. The molecule has 1 saturated heterocycles. The predicted molar refractivity (Wildman–Crippen MR) is 55.8 cm³/mol. The van der Waals surface area contributed by atoms with Gasteiger partial charge in [-0.15, -0.1) is 0 Å². The Bertz CT molecular complexity index is 156. The van der Waals surface area contributed by atoms with Crippen LogP contribution in [0.5, 0.6) is 0 Å². The van der Waals surface area contributed by atoms with Gasteiger partial charge in [-0.05, 0) is 39.7 Å². The van der Waals surface area contributed by atoms with Gasteiger partial charge >= 0.3 is 0 Å². The number of nitrogens with zero attached hydrogens (tertiary/aromatic N) is 1. The number of likely N-dealkylation sites (tertiary alicyclic amines) is 1. The molecule has 2 atom stereocenters. The lowest BCUT2D eigenvalue weighted by atomic mass is 9.98. The molecule has 0 aliphatic carbocycles. The first-order valence-electron chi connectivity index (χ1n) is 5.51. The van der Waals surface area contributed by atoms with E-state index in [1.54, 1.807) is 0 Å². The van der Waals surface area contributed by atoms with E-state index >= 15 is 0 Å². The fraction of sp³-hybridized carbons (Fsp3) is 1.00. The van der Waals surface area contributed by atoms with Crippen LogP contribution in [-0.4, -0.2) is 34.7 Å². The average Bonchev–Trinajstić information content (AvgIpc) is 2.09. The van der Waals surface area contributed by atoms with Gasteiger partial charge in [-0.1, -0.05) is 13.3 Å². The first-order chi connectivity index (χ1) is 6.05. The quantitative estimate of drug-likeness (QED) is 0.727. The molecule has 0 aromatic rings. The summed E-state index contributed by atoms with van der Waals surface area (Å²) in [7, 11) is 0. The van der Waals surface area contributed by atoms with Crippen LogP contribution < -0.4 is 0 Å². The summed E-state index contributed by atoms with van der Waals surface area (Å²) < 4.78 is 0. The lowest BCUT2D eigenvalue weighted by Crippen LogP contribution is -2.46. The van der Waals surface area contributed by atoms with Crippen LogP contribution in [0, 0.1) is 0 Å². The molecule has 0 radical (unpaired) electrons. The smallest absolute Gasteiger partial charge is 0.0743 e. The van der Waals surface area contributed by atoms with Gasteiger partial charge in [0.25, 0.3) is 0 Å². The molecule has 2 unspecified atom stereocenters. The lowest BCUT2D eigenvalue weighted by molar-refractivity contribution is -0.00310. The first kappa shape index (κ1) is 11.0. The molecule has 1 N–H and O–H groups in total. The number of aliphatic hydroxyl groups is 1. The second kappa shape index (κ2) is 4.43. The molecule has 1 aliphatic rings. The average molecular weight is 185 g/mol. The number of piperidine rings is 1. The van der Waals surface area contributed by atoms with E-state index in [1.807, 2.05) is 6.92 Å². The third-order valence-corrected chi connectivity index (χ3v) is 3.25. The Hall–Kier alpha value is -0.0800. The molecule has 0 amide bonds. The molecular weight excluding hydrogens is 162 g/mol. The molecule has 13 heavy (non-hydrogen) atoms. The Morgan fingerprint density at radius 3 is 2.69 bits per heavy atom. The van der Waals surface area contributed by atoms with Gasteiger partial charge in [0.1, 0.15) is 0 Å². The molecule has 1 heterocycles. The van der Waals surface area contributed by atoms with Crippen molar-refractivity contribution < 1.29 is 5.11 Å². The number of rotatable bonds is 3. The Labute approximate surface area is 81.9 Å². The van der Waals surface area contributed by atoms with E-state index in [4.69, 9.17) is 0 Å². The maximum atomic E-state index is 9.95. The fourth-order valence-corrected chi connectivity index (χ4v) is 1.94. The second-order valence-electron chi connectivity index (χ2n) is 4.67. The molecule has 0 aromatic heterocycles. The van der Waals surface area contributed by atoms with Crippen molar-refractivity contribution in [2.24, 2.45) is 0 Å². The van der Waals surface area contributed by atoms with E-state index in [9.17, 15) is 5.11 Å². The zero-order valence-corrected chi connectivity index (χ0v) is 9.21. The van der Waals surface area contributed by atoms with Crippen LogP contribution in [-0.2, 0) is 0 Å². The molecule has 1 aliphatic heterocycles. The number of hydrogen-bond acceptors (Lipinski definition) is 2. The predicted octanol–water partition coefficient (Wildman–Crippen LogP) is 2.02. The zero-order valence-electron chi connectivity index (χ0n) is 9.21. The maximum Gasteiger partial charge on any atom is 0.0743 e. The van der Waals surface area contributed by atoms with E-state index in [-0.39, 0.29) is 0 Å². The highest BCUT2D eigenvalue weighted by molar-refractivity contribution is 4.81. The largest absolute Gasteiger partial charge is 0.389 e. The Morgan fingerprint density at radius 2 is 2.15 bits per heavy atom. The van der Waals surface area contributed by atoms with Crippen molar-refractivity contribution >= 4 is 0 Å². The van der Waals surface area contributed by atoms with Crippen molar-refractivity contribution in [3.63, 3.8) is 0 Å². The number of β-amino-alcohol motifs (C(OH)–C–C–N with tert-alkyl or cyclic N) is 1. The highest BCUT2D eigenvalue weighted by atomic mass is 16.3. The fourth-order valence-electron chi connectivity index (χ4n) is 1.94. The van der Waals surface area contributed by atoms with Gasteiger partial charge in [-0.3, -0.25) is 4.90 Å². The number of hydrogen-bond donors (Lipinski definition) is 1. The van der Waals surface area contributed by atoms with Crippen molar-refractivity contribution in [2.75, 3.05) is 13.1 Å². The van der Waals surface area contributed by atoms with Crippen molar-refractivity contribution in [3.8, 4) is 0 Å². The van der Waals surface area contributed by atoms with Crippen molar-refractivity contribution in [3.05, 3.63) is 0 Å². The summed E-state index contributed by atoms with van der Waals surface area (Å²) in [6.45, 7) is 8.26. The molecule has 2 nitrogen and oxygen atoms in total. The third-order valence-electron chi connectivity index (χ3n) is 3.25.